The number of aromatic amines is 1. The number of carbonyl (C=O) groups is 1. The molecule has 1 saturated heterocycles. The van der Waals surface area contributed by atoms with Gasteiger partial charge in [0.1, 0.15) is 5.82 Å². The Morgan fingerprint density at radius 2 is 1.97 bits per heavy atom. The Morgan fingerprint density at radius 3 is 2.57 bits per heavy atom. The van der Waals surface area contributed by atoms with Crippen molar-refractivity contribution >= 4 is 27.2 Å². The van der Waals surface area contributed by atoms with Gasteiger partial charge in [0.05, 0.1) is 24.0 Å². The highest BCUT2D eigenvalue weighted by Crippen LogP contribution is 2.26. The third kappa shape index (κ3) is 4.64. The first kappa shape index (κ1) is 21.8. The van der Waals surface area contributed by atoms with Crippen LogP contribution in [0.15, 0.2) is 39.9 Å². The Labute approximate surface area is 174 Å². The van der Waals surface area contributed by atoms with Gasteiger partial charge in [-0.15, -0.1) is 0 Å². The predicted molar refractivity (Wildman–Crippen MR) is 115 cm³/mol. The zero-order valence-corrected chi connectivity index (χ0v) is 17.7. The highest BCUT2D eigenvalue weighted by atomic mass is 32.2. The van der Waals surface area contributed by atoms with Gasteiger partial charge in [0.2, 0.25) is 5.91 Å². The van der Waals surface area contributed by atoms with Gasteiger partial charge in [-0.25, -0.2) is 13.2 Å². The van der Waals surface area contributed by atoms with Crippen LogP contribution in [0.1, 0.15) is 31.7 Å². The maximum atomic E-state index is 13.2. The molecular weight excluding hydrogens is 408 g/mol. The second kappa shape index (κ2) is 8.86. The molecule has 1 aromatic carbocycles. The van der Waals surface area contributed by atoms with Gasteiger partial charge in [-0.3, -0.25) is 19.1 Å². The predicted octanol–water partition coefficient (Wildman–Crippen LogP) is 0.735. The third-order valence-corrected chi connectivity index (χ3v) is 7.02. The molecule has 3 N–H and O–H groups in total. The van der Waals surface area contributed by atoms with Crippen LogP contribution >= 0.6 is 0 Å². The smallest absolute Gasteiger partial charge is 0.330 e. The van der Waals surface area contributed by atoms with Crippen LogP contribution in [0.2, 0.25) is 0 Å². The summed E-state index contributed by atoms with van der Waals surface area (Å²) >= 11 is 0. The molecule has 9 nitrogen and oxygen atoms in total. The lowest BCUT2D eigenvalue weighted by atomic mass is 10.1. The molecule has 3 rings (SSSR count). The van der Waals surface area contributed by atoms with Crippen LogP contribution in [0.25, 0.3) is 0 Å². The molecule has 0 bridgehead atoms. The summed E-state index contributed by atoms with van der Waals surface area (Å²) in [6, 6.07) is 9.12. The van der Waals surface area contributed by atoms with Crippen LogP contribution in [0.4, 0.5) is 11.5 Å². The van der Waals surface area contributed by atoms with Crippen molar-refractivity contribution in [3.05, 3.63) is 56.7 Å². The average Bonchev–Trinajstić information content (AvgIpc) is 3.07. The van der Waals surface area contributed by atoms with Crippen LogP contribution in [-0.4, -0.2) is 41.9 Å². The normalized spacial score (nSPS) is 17.7. The van der Waals surface area contributed by atoms with E-state index in [0.29, 0.717) is 6.42 Å². The second-order valence-electron chi connectivity index (χ2n) is 7.51. The molecule has 2 heterocycles. The minimum Gasteiger partial charge on any atom is -0.383 e. The quantitative estimate of drug-likeness (QED) is 0.660. The van der Waals surface area contributed by atoms with Crippen LogP contribution < -0.4 is 21.9 Å². The van der Waals surface area contributed by atoms with Gasteiger partial charge in [0.15, 0.2) is 15.5 Å². The van der Waals surface area contributed by atoms with Gasteiger partial charge in [-0.2, -0.15) is 0 Å². The molecule has 1 atom stereocenters. The number of hydrogen-bond acceptors (Lipinski definition) is 6. The van der Waals surface area contributed by atoms with Crippen molar-refractivity contribution < 1.29 is 13.2 Å². The molecule has 0 aliphatic carbocycles. The minimum atomic E-state index is -3.27. The van der Waals surface area contributed by atoms with Crippen molar-refractivity contribution in [2.75, 3.05) is 28.7 Å². The van der Waals surface area contributed by atoms with Crippen molar-refractivity contribution in [1.29, 1.82) is 0 Å². The Hall–Kier alpha value is -2.88. The number of rotatable bonds is 7. The Bertz CT molecular complexity index is 1140. The highest BCUT2D eigenvalue weighted by molar-refractivity contribution is 7.91. The summed E-state index contributed by atoms with van der Waals surface area (Å²) in [5.41, 5.74) is 5.50. The van der Waals surface area contributed by atoms with E-state index in [4.69, 9.17) is 5.73 Å². The van der Waals surface area contributed by atoms with Gasteiger partial charge < -0.3 is 10.6 Å². The van der Waals surface area contributed by atoms with Crippen molar-refractivity contribution in [3.63, 3.8) is 0 Å². The number of sulfone groups is 1. The summed E-state index contributed by atoms with van der Waals surface area (Å²) in [5, 5.41) is 0. The molecule has 1 amide bonds. The number of unbranched alkanes of at least 4 members (excludes halogenated alkanes) is 1. The van der Waals surface area contributed by atoms with Crippen LogP contribution in [-0.2, 0) is 21.2 Å². The van der Waals surface area contributed by atoms with E-state index in [1.807, 2.05) is 37.3 Å². The number of aromatic nitrogens is 2. The number of nitrogens with one attached hydrogen (secondary N) is 1. The molecule has 1 fully saturated rings. The lowest BCUT2D eigenvalue weighted by Gasteiger charge is -2.26. The number of carbonyl (C=O) groups excluding carboxylic acids is 1. The van der Waals surface area contributed by atoms with E-state index in [1.54, 1.807) is 0 Å². The molecule has 1 aromatic heterocycles. The van der Waals surface area contributed by atoms with E-state index in [9.17, 15) is 22.8 Å². The number of hydrogen-bond donors (Lipinski definition) is 2. The molecule has 30 heavy (non-hydrogen) atoms. The number of benzene rings is 1. The van der Waals surface area contributed by atoms with E-state index in [0.717, 1.165) is 12.0 Å². The molecule has 0 spiro atoms. The first-order valence-corrected chi connectivity index (χ1v) is 11.7. The monoisotopic (exact) mass is 434 g/mol. The highest BCUT2D eigenvalue weighted by Gasteiger charge is 2.37. The van der Waals surface area contributed by atoms with Crippen molar-refractivity contribution in [2.24, 2.45) is 5.92 Å². The largest absolute Gasteiger partial charge is 0.383 e. The van der Waals surface area contributed by atoms with Crippen molar-refractivity contribution in [2.45, 2.75) is 32.7 Å². The lowest BCUT2D eigenvalue weighted by molar-refractivity contribution is -0.121. The fraction of sp³-hybridized carbons (Fsp3) is 0.450. The number of nitrogens with two attached hydrogens (primary N) is 1. The van der Waals surface area contributed by atoms with E-state index in [1.165, 1.54) is 9.47 Å². The van der Waals surface area contributed by atoms with Gasteiger partial charge in [-0.1, -0.05) is 43.7 Å². The molecule has 10 heteroatoms. The number of nitrogens with zero attached hydrogens (tertiary/aromatic N) is 2. The average molecular weight is 435 g/mol. The van der Waals surface area contributed by atoms with Crippen molar-refractivity contribution in [1.82, 2.24) is 9.55 Å². The number of amides is 1. The summed E-state index contributed by atoms with van der Waals surface area (Å²) in [7, 11) is -3.27. The number of H-pyrrole nitrogens is 1. The first-order chi connectivity index (χ1) is 14.2. The zero-order valence-electron chi connectivity index (χ0n) is 16.8. The standard InChI is InChI=1S/C20H26N4O5S/c1-2-3-10-23(19(26)15-9-11-30(28,29)13-15)16-17(21)24(20(27)22-18(16)25)12-14-7-5-4-6-8-14/h4-8,15H,2-3,9-13,21H2,1H3,(H,22,25,27). The zero-order chi connectivity index (χ0) is 21.9. The molecule has 2 aromatic rings. The Balaban J connectivity index is 2.04. The summed E-state index contributed by atoms with van der Waals surface area (Å²) in [4.78, 5) is 41.7. The summed E-state index contributed by atoms with van der Waals surface area (Å²) in [6.07, 6.45) is 1.57. The van der Waals surface area contributed by atoms with E-state index in [-0.39, 0.29) is 42.5 Å². The summed E-state index contributed by atoms with van der Waals surface area (Å²) < 4.78 is 24.9. The maximum absolute atomic E-state index is 13.2. The van der Waals surface area contributed by atoms with Crippen LogP contribution in [0.5, 0.6) is 0 Å². The van der Waals surface area contributed by atoms with Crippen LogP contribution in [0, 0.1) is 5.92 Å². The lowest BCUT2D eigenvalue weighted by Crippen LogP contribution is -2.44. The summed E-state index contributed by atoms with van der Waals surface area (Å²) in [5.74, 6) is -1.58. The molecule has 1 aliphatic heterocycles. The second-order valence-corrected chi connectivity index (χ2v) is 9.74. The molecule has 0 radical (unpaired) electrons. The topological polar surface area (TPSA) is 135 Å². The van der Waals surface area contributed by atoms with Crippen molar-refractivity contribution in [3.8, 4) is 0 Å². The van der Waals surface area contributed by atoms with E-state index in [2.05, 4.69) is 4.98 Å². The van der Waals surface area contributed by atoms with Crippen LogP contribution in [0.3, 0.4) is 0 Å². The Morgan fingerprint density at radius 1 is 1.27 bits per heavy atom. The fourth-order valence-electron chi connectivity index (χ4n) is 3.62. The summed E-state index contributed by atoms with van der Waals surface area (Å²) in [6.45, 7) is 2.28. The third-order valence-electron chi connectivity index (χ3n) is 5.25. The van der Waals surface area contributed by atoms with E-state index < -0.39 is 32.9 Å². The van der Waals surface area contributed by atoms with Gasteiger partial charge >= 0.3 is 5.69 Å². The fourth-order valence-corrected chi connectivity index (χ4v) is 5.35. The number of anilines is 2. The molecule has 162 valence electrons. The molecular formula is C20H26N4O5S. The molecule has 1 unspecified atom stereocenters. The number of nitrogen functional groups attached to an aromatic ring is 1. The van der Waals surface area contributed by atoms with Gasteiger partial charge in [-0.05, 0) is 18.4 Å². The first-order valence-electron chi connectivity index (χ1n) is 9.92. The minimum absolute atomic E-state index is 0.0512. The van der Waals surface area contributed by atoms with E-state index >= 15 is 0 Å². The SMILES string of the molecule is CCCCN(C(=O)C1CCS(=O)(=O)C1)c1c(N)n(Cc2ccccc2)c(=O)[nH]c1=O. The molecule has 0 saturated carbocycles. The van der Waals surface area contributed by atoms with Gasteiger partial charge in [0.25, 0.3) is 5.56 Å². The Kier molecular flexibility index (Phi) is 6.45. The van der Waals surface area contributed by atoms with Gasteiger partial charge in [0, 0.05) is 6.54 Å². The molecule has 1 aliphatic rings. The maximum Gasteiger partial charge on any atom is 0.330 e.